The first kappa shape index (κ1) is 19.4. The smallest absolute Gasteiger partial charge is 0.272 e. The molecule has 1 aromatic heterocycles. The summed E-state index contributed by atoms with van der Waals surface area (Å²) in [6, 6.07) is 9.85. The molecule has 0 radical (unpaired) electrons. The molecule has 29 heavy (non-hydrogen) atoms. The number of likely N-dealkylation sites (tertiary alicyclic amines) is 2. The summed E-state index contributed by atoms with van der Waals surface area (Å²) >= 11 is 0. The normalized spacial score (nSPS) is 18.5. The highest BCUT2D eigenvalue weighted by Gasteiger charge is 2.38. The van der Waals surface area contributed by atoms with E-state index in [9.17, 15) is 9.59 Å². The van der Waals surface area contributed by atoms with Gasteiger partial charge in [-0.25, -0.2) is 0 Å². The van der Waals surface area contributed by atoms with E-state index in [0.717, 1.165) is 42.9 Å². The van der Waals surface area contributed by atoms with Gasteiger partial charge >= 0.3 is 0 Å². The van der Waals surface area contributed by atoms with Crippen LogP contribution in [0.2, 0.25) is 0 Å². The molecule has 1 aromatic carbocycles. The van der Waals surface area contributed by atoms with Crippen molar-refractivity contribution in [3.05, 3.63) is 36.0 Å². The van der Waals surface area contributed by atoms with Crippen LogP contribution in [0.15, 0.2) is 30.3 Å². The highest BCUT2D eigenvalue weighted by atomic mass is 16.5. The maximum atomic E-state index is 12.9. The van der Waals surface area contributed by atoms with Crippen LogP contribution in [0.3, 0.4) is 0 Å². The van der Waals surface area contributed by atoms with Gasteiger partial charge in [-0.3, -0.25) is 19.2 Å². The van der Waals surface area contributed by atoms with Crippen molar-refractivity contribution in [1.29, 1.82) is 0 Å². The van der Waals surface area contributed by atoms with Crippen LogP contribution in [0.25, 0.3) is 11.3 Å². The third-order valence-corrected chi connectivity index (χ3v) is 6.06. The zero-order valence-electron chi connectivity index (χ0n) is 16.9. The molecule has 0 aliphatic carbocycles. The standard InChI is InChI=1S/C21H27N5O3/c1-24-19(11-18(23-24)15-4-3-5-17(10-15)29-2)21(28)26-12-16(13-26)25-8-6-14(7-9-25)20(22)27/h3-5,10-11,14,16H,6-9,12-13H2,1-2H3,(H2,22,27). The van der Waals surface area contributed by atoms with Crippen molar-refractivity contribution < 1.29 is 14.3 Å². The molecule has 2 fully saturated rings. The predicted molar refractivity (Wildman–Crippen MR) is 108 cm³/mol. The number of primary amides is 1. The van der Waals surface area contributed by atoms with Crippen molar-refractivity contribution in [2.75, 3.05) is 33.3 Å². The molecule has 2 N–H and O–H groups in total. The minimum absolute atomic E-state index is 0.00239. The Hall–Kier alpha value is -2.87. The highest BCUT2D eigenvalue weighted by molar-refractivity contribution is 5.94. The first-order valence-electron chi connectivity index (χ1n) is 9.97. The molecule has 3 heterocycles. The van der Waals surface area contributed by atoms with Gasteiger partial charge in [0.2, 0.25) is 5.91 Å². The van der Waals surface area contributed by atoms with Crippen molar-refractivity contribution >= 4 is 11.8 Å². The number of rotatable bonds is 5. The van der Waals surface area contributed by atoms with Crippen molar-refractivity contribution in [2.45, 2.75) is 18.9 Å². The monoisotopic (exact) mass is 397 g/mol. The quantitative estimate of drug-likeness (QED) is 0.816. The molecule has 2 saturated heterocycles. The van der Waals surface area contributed by atoms with E-state index >= 15 is 0 Å². The van der Waals surface area contributed by atoms with E-state index < -0.39 is 0 Å². The summed E-state index contributed by atoms with van der Waals surface area (Å²) in [6.45, 7) is 3.15. The number of piperidine rings is 1. The number of carbonyl (C=O) groups excluding carboxylic acids is 2. The van der Waals surface area contributed by atoms with Gasteiger partial charge in [-0.15, -0.1) is 0 Å². The van der Waals surface area contributed by atoms with Crippen LogP contribution >= 0.6 is 0 Å². The summed E-state index contributed by atoms with van der Waals surface area (Å²) in [5.41, 5.74) is 7.65. The largest absolute Gasteiger partial charge is 0.497 e. The molecule has 2 amide bonds. The lowest BCUT2D eigenvalue weighted by molar-refractivity contribution is -0.123. The second kappa shape index (κ2) is 7.87. The van der Waals surface area contributed by atoms with E-state index in [1.165, 1.54) is 0 Å². The topological polar surface area (TPSA) is 93.7 Å². The van der Waals surface area contributed by atoms with Crippen LogP contribution in [-0.4, -0.2) is 70.7 Å². The Labute approximate surface area is 170 Å². The Morgan fingerprint density at radius 1 is 1.17 bits per heavy atom. The molecule has 0 bridgehead atoms. The van der Waals surface area contributed by atoms with E-state index in [-0.39, 0.29) is 17.7 Å². The summed E-state index contributed by atoms with van der Waals surface area (Å²) in [5, 5.41) is 4.51. The Balaban J connectivity index is 1.38. The van der Waals surface area contributed by atoms with Gasteiger partial charge in [-0.1, -0.05) is 12.1 Å². The minimum atomic E-state index is -0.196. The molecular weight excluding hydrogens is 370 g/mol. The molecule has 0 spiro atoms. The first-order valence-corrected chi connectivity index (χ1v) is 9.97. The van der Waals surface area contributed by atoms with Gasteiger partial charge in [0, 0.05) is 37.7 Å². The van der Waals surface area contributed by atoms with E-state index in [4.69, 9.17) is 10.5 Å². The van der Waals surface area contributed by atoms with E-state index in [1.807, 2.05) is 35.2 Å². The maximum absolute atomic E-state index is 12.9. The summed E-state index contributed by atoms with van der Waals surface area (Å²) in [6.07, 6.45) is 1.62. The number of nitrogens with two attached hydrogens (primary N) is 1. The van der Waals surface area contributed by atoms with Gasteiger partial charge in [0.15, 0.2) is 0 Å². The summed E-state index contributed by atoms with van der Waals surface area (Å²) in [7, 11) is 3.42. The number of amides is 2. The summed E-state index contributed by atoms with van der Waals surface area (Å²) < 4.78 is 6.92. The van der Waals surface area contributed by atoms with Crippen LogP contribution in [-0.2, 0) is 11.8 Å². The molecule has 2 aliphatic rings. The van der Waals surface area contributed by atoms with Gasteiger partial charge in [-0.05, 0) is 44.1 Å². The average Bonchev–Trinajstić information content (AvgIpc) is 3.09. The van der Waals surface area contributed by atoms with Gasteiger partial charge in [-0.2, -0.15) is 5.10 Å². The number of benzene rings is 1. The molecule has 8 heteroatoms. The van der Waals surface area contributed by atoms with Gasteiger partial charge < -0.3 is 15.4 Å². The van der Waals surface area contributed by atoms with Crippen LogP contribution in [0, 0.1) is 5.92 Å². The SMILES string of the molecule is COc1cccc(-c2cc(C(=O)N3CC(N4CCC(C(N)=O)CC4)C3)n(C)n2)c1. The molecule has 2 aromatic rings. The molecule has 0 saturated carbocycles. The lowest BCUT2D eigenvalue weighted by Crippen LogP contribution is -2.62. The Morgan fingerprint density at radius 3 is 2.55 bits per heavy atom. The van der Waals surface area contributed by atoms with Gasteiger partial charge in [0.05, 0.1) is 12.8 Å². The summed E-state index contributed by atoms with van der Waals surface area (Å²) in [5.74, 6) is 0.552. The molecular formula is C21H27N5O3. The molecule has 2 aliphatic heterocycles. The fourth-order valence-electron chi connectivity index (χ4n) is 4.15. The maximum Gasteiger partial charge on any atom is 0.272 e. The molecule has 0 unspecified atom stereocenters. The molecule has 0 atom stereocenters. The number of ether oxygens (including phenoxy) is 1. The first-order chi connectivity index (χ1) is 14.0. The second-order valence-electron chi connectivity index (χ2n) is 7.85. The van der Waals surface area contributed by atoms with Crippen molar-refractivity contribution in [3.8, 4) is 17.0 Å². The van der Waals surface area contributed by atoms with E-state index in [1.54, 1.807) is 18.8 Å². The van der Waals surface area contributed by atoms with Crippen LogP contribution in [0.1, 0.15) is 23.3 Å². The Morgan fingerprint density at radius 2 is 1.90 bits per heavy atom. The molecule has 154 valence electrons. The number of hydrogen-bond acceptors (Lipinski definition) is 5. The highest BCUT2D eigenvalue weighted by Crippen LogP contribution is 2.27. The third kappa shape index (κ3) is 3.85. The number of aryl methyl sites for hydroxylation is 1. The van der Waals surface area contributed by atoms with Gasteiger partial charge in [0.25, 0.3) is 5.91 Å². The average molecular weight is 397 g/mol. The van der Waals surface area contributed by atoms with Gasteiger partial charge in [0.1, 0.15) is 11.4 Å². The lowest BCUT2D eigenvalue weighted by atomic mass is 9.93. The zero-order chi connectivity index (χ0) is 20.5. The van der Waals surface area contributed by atoms with Crippen molar-refractivity contribution in [1.82, 2.24) is 19.6 Å². The number of aromatic nitrogens is 2. The van der Waals surface area contributed by atoms with Crippen LogP contribution in [0.5, 0.6) is 5.75 Å². The van der Waals surface area contributed by atoms with Crippen LogP contribution in [0.4, 0.5) is 0 Å². The fourth-order valence-corrected chi connectivity index (χ4v) is 4.15. The number of methoxy groups -OCH3 is 1. The third-order valence-electron chi connectivity index (χ3n) is 6.06. The Bertz CT molecular complexity index is 911. The summed E-state index contributed by atoms with van der Waals surface area (Å²) in [4.78, 5) is 28.5. The number of carbonyl (C=O) groups is 2. The number of hydrogen-bond donors (Lipinski definition) is 1. The minimum Gasteiger partial charge on any atom is -0.497 e. The number of nitrogens with zero attached hydrogens (tertiary/aromatic N) is 4. The van der Waals surface area contributed by atoms with E-state index in [2.05, 4.69) is 10.00 Å². The van der Waals surface area contributed by atoms with E-state index in [0.29, 0.717) is 24.8 Å². The zero-order valence-corrected chi connectivity index (χ0v) is 16.9. The molecule has 8 nitrogen and oxygen atoms in total. The van der Waals surface area contributed by atoms with Crippen molar-refractivity contribution in [2.24, 2.45) is 18.7 Å². The second-order valence-corrected chi connectivity index (χ2v) is 7.85. The molecule has 4 rings (SSSR count). The van der Waals surface area contributed by atoms with Crippen molar-refractivity contribution in [3.63, 3.8) is 0 Å². The lowest BCUT2D eigenvalue weighted by Gasteiger charge is -2.47. The predicted octanol–water partition coefficient (Wildman–Crippen LogP) is 1.12. The van der Waals surface area contributed by atoms with Crippen LogP contribution < -0.4 is 10.5 Å². The Kier molecular flexibility index (Phi) is 5.27. The fraction of sp³-hybridized carbons (Fsp3) is 0.476.